The van der Waals surface area contributed by atoms with Gasteiger partial charge in [0.15, 0.2) is 11.6 Å². The smallest absolute Gasteiger partial charge is 0.167 e. The third kappa shape index (κ3) is 3.11. The van der Waals surface area contributed by atoms with E-state index in [1.54, 1.807) is 19.1 Å². The molecule has 0 saturated carbocycles. The zero-order valence-corrected chi connectivity index (χ0v) is 10.9. The van der Waals surface area contributed by atoms with Gasteiger partial charge in [-0.05, 0) is 36.8 Å². The van der Waals surface area contributed by atoms with Crippen LogP contribution >= 0.6 is 0 Å². The summed E-state index contributed by atoms with van der Waals surface area (Å²) in [5, 5.41) is 0. The van der Waals surface area contributed by atoms with Crippen molar-refractivity contribution in [2.45, 2.75) is 13.0 Å². The Hall–Kier alpha value is -2.01. The van der Waals surface area contributed by atoms with Crippen molar-refractivity contribution < 1.29 is 17.9 Å². The Morgan fingerprint density at radius 3 is 2.65 bits per heavy atom. The predicted octanol–water partition coefficient (Wildman–Crippen LogP) is 3.49. The van der Waals surface area contributed by atoms with Gasteiger partial charge in [-0.2, -0.15) is 0 Å². The van der Waals surface area contributed by atoms with Gasteiger partial charge in [0.1, 0.15) is 18.2 Å². The van der Waals surface area contributed by atoms with Gasteiger partial charge < -0.3 is 10.5 Å². The maximum atomic E-state index is 13.7. The third-order valence-electron chi connectivity index (χ3n) is 2.93. The molecule has 0 radical (unpaired) electrons. The Balaban J connectivity index is 2.10. The van der Waals surface area contributed by atoms with Crippen LogP contribution in [0.15, 0.2) is 36.4 Å². The summed E-state index contributed by atoms with van der Waals surface area (Å²) in [6, 6.07) is 6.83. The Morgan fingerprint density at radius 1 is 1.15 bits per heavy atom. The Morgan fingerprint density at radius 2 is 1.90 bits per heavy atom. The van der Waals surface area contributed by atoms with Gasteiger partial charge in [0.25, 0.3) is 0 Å². The van der Waals surface area contributed by atoms with E-state index in [9.17, 15) is 13.2 Å². The SMILES string of the molecule is Cc1cccc(OCC(N)c2cc(F)ccc2F)c1F. The summed E-state index contributed by atoms with van der Waals surface area (Å²) in [4.78, 5) is 0. The topological polar surface area (TPSA) is 35.2 Å². The van der Waals surface area contributed by atoms with Crippen molar-refractivity contribution in [3.05, 3.63) is 65.0 Å². The number of hydrogen-bond donors (Lipinski definition) is 1. The molecule has 0 amide bonds. The minimum absolute atomic E-state index is 0.00180. The lowest BCUT2D eigenvalue weighted by Crippen LogP contribution is -2.20. The lowest BCUT2D eigenvalue weighted by Gasteiger charge is -2.15. The van der Waals surface area contributed by atoms with E-state index in [4.69, 9.17) is 10.5 Å². The van der Waals surface area contributed by atoms with Crippen LogP contribution in [0.1, 0.15) is 17.2 Å². The van der Waals surface area contributed by atoms with Gasteiger partial charge in [-0.3, -0.25) is 0 Å². The normalized spacial score (nSPS) is 12.2. The molecule has 0 saturated heterocycles. The van der Waals surface area contributed by atoms with Gasteiger partial charge in [-0.1, -0.05) is 12.1 Å². The average Bonchev–Trinajstić information content (AvgIpc) is 2.43. The molecule has 2 aromatic carbocycles. The molecule has 0 heterocycles. The van der Waals surface area contributed by atoms with Gasteiger partial charge in [0.2, 0.25) is 0 Å². The van der Waals surface area contributed by atoms with Crippen LogP contribution in [0, 0.1) is 24.4 Å². The highest BCUT2D eigenvalue weighted by atomic mass is 19.1. The van der Waals surface area contributed by atoms with Gasteiger partial charge >= 0.3 is 0 Å². The van der Waals surface area contributed by atoms with Crippen LogP contribution in [-0.4, -0.2) is 6.61 Å². The molecule has 0 fully saturated rings. The summed E-state index contributed by atoms with van der Waals surface area (Å²) in [6.07, 6.45) is 0. The van der Waals surface area contributed by atoms with Crippen molar-refractivity contribution in [1.29, 1.82) is 0 Å². The zero-order valence-electron chi connectivity index (χ0n) is 10.9. The van der Waals surface area contributed by atoms with Crippen LogP contribution in [0.25, 0.3) is 0 Å². The molecule has 0 aliphatic heterocycles. The van der Waals surface area contributed by atoms with Gasteiger partial charge in [0.05, 0.1) is 6.04 Å². The lowest BCUT2D eigenvalue weighted by molar-refractivity contribution is 0.274. The van der Waals surface area contributed by atoms with Gasteiger partial charge in [-0.25, -0.2) is 13.2 Å². The van der Waals surface area contributed by atoms with Crippen molar-refractivity contribution in [3.63, 3.8) is 0 Å². The standard InChI is InChI=1S/C15H14F3NO/c1-9-3-2-4-14(15(9)18)20-8-13(19)11-7-10(16)5-6-12(11)17/h2-7,13H,8,19H2,1H3. The summed E-state index contributed by atoms with van der Waals surface area (Å²) in [7, 11) is 0. The quantitative estimate of drug-likeness (QED) is 0.931. The van der Waals surface area contributed by atoms with E-state index in [0.29, 0.717) is 5.56 Å². The Kier molecular flexibility index (Phi) is 4.29. The van der Waals surface area contributed by atoms with Crippen LogP contribution in [0.3, 0.4) is 0 Å². The number of benzene rings is 2. The fourth-order valence-corrected chi connectivity index (χ4v) is 1.80. The van der Waals surface area contributed by atoms with Crippen molar-refractivity contribution in [2.75, 3.05) is 6.61 Å². The molecule has 2 aromatic rings. The van der Waals surface area contributed by atoms with Crippen molar-refractivity contribution in [1.82, 2.24) is 0 Å². The molecule has 0 aromatic heterocycles. The average molecular weight is 281 g/mol. The maximum absolute atomic E-state index is 13.7. The molecular weight excluding hydrogens is 267 g/mol. The molecule has 2 rings (SSSR count). The highest BCUT2D eigenvalue weighted by molar-refractivity contribution is 5.30. The molecule has 2 N–H and O–H groups in total. The van der Waals surface area contributed by atoms with E-state index in [2.05, 4.69) is 0 Å². The van der Waals surface area contributed by atoms with E-state index in [1.807, 2.05) is 0 Å². The second-order valence-electron chi connectivity index (χ2n) is 4.47. The molecule has 2 nitrogen and oxygen atoms in total. The monoisotopic (exact) mass is 281 g/mol. The van der Waals surface area contributed by atoms with E-state index >= 15 is 0 Å². The molecule has 0 bridgehead atoms. The number of hydrogen-bond acceptors (Lipinski definition) is 2. The number of ether oxygens (including phenoxy) is 1. The highest BCUT2D eigenvalue weighted by Gasteiger charge is 2.14. The van der Waals surface area contributed by atoms with Crippen LogP contribution in [0.4, 0.5) is 13.2 Å². The summed E-state index contributed by atoms with van der Waals surface area (Å²) < 4.78 is 45.5. The molecule has 1 atom stereocenters. The molecule has 0 aliphatic rings. The maximum Gasteiger partial charge on any atom is 0.167 e. The Bertz CT molecular complexity index is 616. The largest absolute Gasteiger partial charge is 0.489 e. The van der Waals surface area contributed by atoms with E-state index in [1.165, 1.54) is 6.07 Å². The lowest BCUT2D eigenvalue weighted by atomic mass is 10.1. The second kappa shape index (κ2) is 5.96. The Labute approximate surface area is 115 Å². The molecular formula is C15H14F3NO. The minimum Gasteiger partial charge on any atom is -0.489 e. The van der Waals surface area contributed by atoms with Crippen molar-refractivity contribution in [2.24, 2.45) is 5.73 Å². The van der Waals surface area contributed by atoms with E-state index in [0.717, 1.165) is 18.2 Å². The molecule has 0 spiro atoms. The molecule has 20 heavy (non-hydrogen) atoms. The van der Waals surface area contributed by atoms with Crippen LogP contribution in [-0.2, 0) is 0 Å². The fourth-order valence-electron chi connectivity index (χ4n) is 1.80. The van der Waals surface area contributed by atoms with Crippen LogP contribution < -0.4 is 10.5 Å². The van der Waals surface area contributed by atoms with Crippen molar-refractivity contribution in [3.8, 4) is 5.75 Å². The third-order valence-corrected chi connectivity index (χ3v) is 2.93. The highest BCUT2D eigenvalue weighted by Crippen LogP contribution is 2.22. The number of halogens is 3. The predicted molar refractivity (Wildman–Crippen MR) is 69.9 cm³/mol. The zero-order chi connectivity index (χ0) is 14.7. The second-order valence-corrected chi connectivity index (χ2v) is 4.47. The van der Waals surface area contributed by atoms with Crippen LogP contribution in [0.2, 0.25) is 0 Å². The molecule has 1 unspecified atom stereocenters. The summed E-state index contributed by atoms with van der Waals surface area (Å²) >= 11 is 0. The summed E-state index contributed by atoms with van der Waals surface area (Å²) in [5.41, 5.74) is 6.18. The number of aryl methyl sites for hydroxylation is 1. The van der Waals surface area contributed by atoms with Crippen LogP contribution in [0.5, 0.6) is 5.75 Å². The number of rotatable bonds is 4. The summed E-state index contributed by atoms with van der Waals surface area (Å²) in [6.45, 7) is 1.45. The first kappa shape index (κ1) is 14.4. The van der Waals surface area contributed by atoms with Gasteiger partial charge in [-0.15, -0.1) is 0 Å². The first-order valence-electron chi connectivity index (χ1n) is 6.07. The van der Waals surface area contributed by atoms with Crippen molar-refractivity contribution >= 4 is 0 Å². The summed E-state index contributed by atoms with van der Waals surface area (Å²) in [5.74, 6) is -1.65. The molecule has 106 valence electrons. The fraction of sp³-hybridized carbons (Fsp3) is 0.200. The van der Waals surface area contributed by atoms with Gasteiger partial charge in [0, 0.05) is 5.56 Å². The van der Waals surface area contributed by atoms with E-state index in [-0.39, 0.29) is 17.9 Å². The molecule has 0 aliphatic carbocycles. The molecule has 5 heteroatoms. The minimum atomic E-state index is -0.884. The first-order valence-corrected chi connectivity index (χ1v) is 6.07. The van der Waals surface area contributed by atoms with E-state index < -0.39 is 23.5 Å². The number of nitrogens with two attached hydrogens (primary N) is 1. The first-order chi connectivity index (χ1) is 9.49.